The average Bonchev–Trinajstić information content (AvgIpc) is 2.80. The summed E-state index contributed by atoms with van der Waals surface area (Å²) in [6.07, 6.45) is 1.45. The molecule has 2 amide bonds. The van der Waals surface area contributed by atoms with E-state index in [0.29, 0.717) is 25.9 Å². The minimum absolute atomic E-state index is 0.103. The zero-order valence-electron chi connectivity index (χ0n) is 13.2. The average molecular weight is 388 g/mol. The fourth-order valence-corrected chi connectivity index (χ4v) is 3.85. The van der Waals surface area contributed by atoms with Crippen molar-refractivity contribution in [3.05, 3.63) is 24.3 Å². The van der Waals surface area contributed by atoms with Gasteiger partial charge in [0, 0.05) is 31.2 Å². The lowest BCUT2D eigenvalue weighted by molar-refractivity contribution is -0.141. The zero-order chi connectivity index (χ0) is 18.2. The van der Waals surface area contributed by atoms with E-state index >= 15 is 0 Å². The monoisotopic (exact) mass is 388 g/mol. The third-order valence-corrected chi connectivity index (χ3v) is 5.18. The molecule has 3 rings (SSSR count). The van der Waals surface area contributed by atoms with E-state index in [1.165, 1.54) is 17.0 Å². The van der Waals surface area contributed by atoms with E-state index in [1.807, 2.05) is 4.90 Å². The first kappa shape index (κ1) is 18.0. The van der Waals surface area contributed by atoms with Gasteiger partial charge < -0.3 is 9.08 Å². The smallest absolute Gasteiger partial charge is 0.371 e. The molecule has 10 heteroatoms. The van der Waals surface area contributed by atoms with Crippen LogP contribution < -0.4 is 9.08 Å². The predicted octanol–water partition coefficient (Wildman–Crippen LogP) is 1.31. The minimum Gasteiger partial charge on any atom is -0.371 e. The topological polar surface area (TPSA) is 84.0 Å². The minimum atomic E-state index is -5.04. The second-order valence-corrected chi connectivity index (χ2v) is 7.59. The Hall–Kier alpha value is -1.81. The molecule has 2 saturated heterocycles. The SMILES string of the molecule is O=C1CC(S)C(=O)N1C1CCN(c2ccc(OS(=O)(=O)F)cc2)CC1. The Labute approximate surface area is 150 Å². The van der Waals surface area contributed by atoms with Crippen molar-refractivity contribution in [3.63, 3.8) is 0 Å². The Kier molecular flexibility index (Phi) is 4.92. The second kappa shape index (κ2) is 6.83. The molecule has 1 aromatic carbocycles. The van der Waals surface area contributed by atoms with E-state index in [-0.39, 0.29) is 30.0 Å². The Bertz CT molecular complexity index is 776. The number of imide groups is 1. The lowest BCUT2D eigenvalue weighted by Gasteiger charge is -2.37. The number of carbonyl (C=O) groups is 2. The number of piperidine rings is 1. The zero-order valence-corrected chi connectivity index (χ0v) is 14.9. The molecule has 1 atom stereocenters. The van der Waals surface area contributed by atoms with Gasteiger partial charge in [0.15, 0.2) is 0 Å². The summed E-state index contributed by atoms with van der Waals surface area (Å²) in [6.45, 7) is 1.28. The van der Waals surface area contributed by atoms with E-state index < -0.39 is 15.8 Å². The van der Waals surface area contributed by atoms with Crippen LogP contribution in [-0.4, -0.2) is 49.5 Å². The largest absolute Gasteiger partial charge is 0.488 e. The van der Waals surface area contributed by atoms with Crippen LogP contribution in [0.3, 0.4) is 0 Å². The van der Waals surface area contributed by atoms with Crippen LogP contribution in [0.1, 0.15) is 19.3 Å². The van der Waals surface area contributed by atoms with Gasteiger partial charge in [0.2, 0.25) is 11.8 Å². The number of carbonyl (C=O) groups excluding carboxylic acids is 2. The lowest BCUT2D eigenvalue weighted by Crippen LogP contribution is -2.47. The molecule has 1 unspecified atom stereocenters. The Balaban J connectivity index is 1.61. The maximum atomic E-state index is 12.5. The van der Waals surface area contributed by atoms with E-state index in [0.717, 1.165) is 5.69 Å². The molecule has 2 fully saturated rings. The van der Waals surface area contributed by atoms with Crippen molar-refractivity contribution in [2.24, 2.45) is 0 Å². The summed E-state index contributed by atoms with van der Waals surface area (Å²) in [5.41, 5.74) is 0.827. The van der Waals surface area contributed by atoms with Crippen LogP contribution in [0.25, 0.3) is 0 Å². The summed E-state index contributed by atoms with van der Waals surface area (Å²) < 4.78 is 37.6. The molecule has 0 spiro atoms. The number of likely N-dealkylation sites (tertiary alicyclic amines) is 1. The van der Waals surface area contributed by atoms with Gasteiger partial charge in [-0.25, -0.2) is 0 Å². The fourth-order valence-electron chi connectivity index (χ4n) is 3.23. The Morgan fingerprint density at radius 3 is 2.20 bits per heavy atom. The van der Waals surface area contributed by atoms with Crippen molar-refractivity contribution in [1.82, 2.24) is 4.90 Å². The third-order valence-electron chi connectivity index (χ3n) is 4.39. The first-order valence-corrected chi connectivity index (χ1v) is 9.60. The van der Waals surface area contributed by atoms with Gasteiger partial charge in [-0.3, -0.25) is 14.5 Å². The van der Waals surface area contributed by atoms with Crippen LogP contribution in [0.15, 0.2) is 24.3 Å². The summed E-state index contributed by atoms with van der Waals surface area (Å²) in [7, 11) is -5.04. The van der Waals surface area contributed by atoms with Crippen molar-refractivity contribution < 1.29 is 26.1 Å². The van der Waals surface area contributed by atoms with E-state index in [9.17, 15) is 21.9 Å². The van der Waals surface area contributed by atoms with Gasteiger partial charge in [-0.2, -0.15) is 21.0 Å². The molecule has 0 radical (unpaired) electrons. The third kappa shape index (κ3) is 4.06. The van der Waals surface area contributed by atoms with Crippen molar-refractivity contribution in [1.29, 1.82) is 0 Å². The fraction of sp³-hybridized carbons (Fsp3) is 0.467. The van der Waals surface area contributed by atoms with Crippen molar-refractivity contribution >= 4 is 40.6 Å². The summed E-state index contributed by atoms with van der Waals surface area (Å²) in [4.78, 5) is 27.4. The van der Waals surface area contributed by atoms with Crippen LogP contribution in [0, 0.1) is 0 Å². The molecule has 0 bridgehead atoms. The first-order chi connectivity index (χ1) is 11.7. The van der Waals surface area contributed by atoms with Crippen LogP contribution >= 0.6 is 12.6 Å². The van der Waals surface area contributed by atoms with Crippen molar-refractivity contribution in [2.45, 2.75) is 30.6 Å². The van der Waals surface area contributed by atoms with Gasteiger partial charge in [0.05, 0.1) is 5.25 Å². The van der Waals surface area contributed by atoms with Gasteiger partial charge in [-0.05, 0) is 37.1 Å². The molecule has 0 N–H and O–H groups in total. The van der Waals surface area contributed by atoms with Crippen molar-refractivity contribution in [3.8, 4) is 5.75 Å². The molecule has 136 valence electrons. The Morgan fingerprint density at radius 2 is 1.72 bits per heavy atom. The quantitative estimate of drug-likeness (QED) is 0.476. The first-order valence-electron chi connectivity index (χ1n) is 7.77. The number of amides is 2. The molecule has 0 saturated carbocycles. The Morgan fingerprint density at radius 1 is 1.12 bits per heavy atom. The predicted molar refractivity (Wildman–Crippen MR) is 91.6 cm³/mol. The van der Waals surface area contributed by atoms with Gasteiger partial charge >= 0.3 is 10.5 Å². The van der Waals surface area contributed by atoms with Crippen LogP contribution in [0.4, 0.5) is 9.57 Å². The molecular weight excluding hydrogens is 371 g/mol. The molecule has 2 heterocycles. The molecule has 25 heavy (non-hydrogen) atoms. The lowest BCUT2D eigenvalue weighted by atomic mass is 10.0. The highest BCUT2D eigenvalue weighted by Crippen LogP contribution is 2.28. The second-order valence-electron chi connectivity index (χ2n) is 6.01. The molecule has 0 aromatic heterocycles. The maximum Gasteiger partial charge on any atom is 0.488 e. The number of anilines is 1. The normalized spacial score (nSPS) is 22.6. The van der Waals surface area contributed by atoms with Gasteiger partial charge in [-0.15, -0.1) is 0 Å². The number of nitrogens with zero attached hydrogens (tertiary/aromatic N) is 2. The summed E-state index contributed by atoms with van der Waals surface area (Å²) >= 11 is 4.14. The van der Waals surface area contributed by atoms with Crippen LogP contribution in [0.2, 0.25) is 0 Å². The molecule has 7 nitrogen and oxygen atoms in total. The van der Waals surface area contributed by atoms with Crippen molar-refractivity contribution in [2.75, 3.05) is 18.0 Å². The van der Waals surface area contributed by atoms with E-state index in [2.05, 4.69) is 16.8 Å². The number of benzene rings is 1. The number of thiol groups is 1. The highest BCUT2D eigenvalue weighted by atomic mass is 32.3. The number of hydrogen-bond donors (Lipinski definition) is 1. The molecule has 0 aliphatic carbocycles. The van der Waals surface area contributed by atoms with E-state index in [4.69, 9.17) is 0 Å². The van der Waals surface area contributed by atoms with Gasteiger partial charge in [0.25, 0.3) is 0 Å². The highest BCUT2D eigenvalue weighted by Gasteiger charge is 2.41. The molecule has 2 aliphatic rings. The maximum absolute atomic E-state index is 12.5. The number of halogens is 1. The number of hydrogen-bond acceptors (Lipinski definition) is 7. The molecular formula is C15H17FN2O5S2. The van der Waals surface area contributed by atoms with Gasteiger partial charge in [-0.1, -0.05) is 3.89 Å². The van der Waals surface area contributed by atoms with Crippen LogP contribution in [-0.2, 0) is 20.1 Å². The summed E-state index contributed by atoms with van der Waals surface area (Å²) in [5, 5.41) is -0.537. The van der Waals surface area contributed by atoms with Gasteiger partial charge in [0.1, 0.15) is 5.75 Å². The molecule has 2 aliphatic heterocycles. The van der Waals surface area contributed by atoms with E-state index in [1.54, 1.807) is 12.1 Å². The highest BCUT2D eigenvalue weighted by molar-refractivity contribution is 7.82. The summed E-state index contributed by atoms with van der Waals surface area (Å²) in [5.74, 6) is -0.493. The summed E-state index contributed by atoms with van der Waals surface area (Å²) in [6, 6.07) is 5.90. The number of rotatable bonds is 4. The molecule has 1 aromatic rings. The standard InChI is InChI=1S/C15H17FN2O5S2/c16-25(21,22)23-12-3-1-10(2-4-12)17-7-5-11(6-8-17)18-14(19)9-13(24)15(18)20/h1-4,11,13,24H,5-9H2. The van der Waals surface area contributed by atoms with Crippen LogP contribution in [0.5, 0.6) is 5.75 Å².